The lowest BCUT2D eigenvalue weighted by Crippen LogP contribution is -2.38. The lowest BCUT2D eigenvalue weighted by Gasteiger charge is -2.27. The predicted octanol–water partition coefficient (Wildman–Crippen LogP) is 4.71. The number of rotatable bonds is 2. The number of para-hydroxylation sites is 1. The average molecular weight is 407 g/mol. The molecule has 0 saturated carbocycles. The van der Waals surface area contributed by atoms with E-state index in [0.717, 1.165) is 12.1 Å². The fraction of sp³-hybridized carbons (Fsp3) is 0.158. The third kappa shape index (κ3) is 3.09. The third-order valence-electron chi connectivity index (χ3n) is 4.50. The lowest BCUT2D eigenvalue weighted by molar-refractivity contribution is -0.137. The zero-order valence-corrected chi connectivity index (χ0v) is 15.3. The van der Waals surface area contributed by atoms with Gasteiger partial charge in [0.1, 0.15) is 11.3 Å². The summed E-state index contributed by atoms with van der Waals surface area (Å²) in [6.45, 7) is 1.68. The molecule has 1 aliphatic heterocycles. The number of fused-ring (bicyclic) bond motifs is 1. The summed E-state index contributed by atoms with van der Waals surface area (Å²) < 4.78 is 40.3. The number of carbonyl (C=O) groups is 1. The fourth-order valence-electron chi connectivity index (χ4n) is 3.18. The molecule has 9 heteroatoms. The molecule has 2 heterocycles. The van der Waals surface area contributed by atoms with Gasteiger partial charge < -0.3 is 10.6 Å². The van der Waals surface area contributed by atoms with Crippen molar-refractivity contribution in [1.82, 2.24) is 15.1 Å². The van der Waals surface area contributed by atoms with Crippen molar-refractivity contribution in [2.75, 3.05) is 5.32 Å². The molecule has 5 nitrogen and oxygen atoms in total. The number of hydrogen-bond donors (Lipinski definition) is 2. The van der Waals surface area contributed by atoms with Gasteiger partial charge in [-0.1, -0.05) is 29.8 Å². The first-order valence-electron chi connectivity index (χ1n) is 8.35. The van der Waals surface area contributed by atoms with E-state index in [0.29, 0.717) is 22.5 Å². The summed E-state index contributed by atoms with van der Waals surface area (Å²) in [6, 6.07) is 11.7. The quantitative estimate of drug-likeness (QED) is 0.648. The Bertz CT molecular complexity index is 1080. The molecule has 0 fully saturated rings. The molecule has 0 aliphatic carbocycles. The standard InChI is InChI=1S/C19H14ClF3N4O/c1-10-15(17-24-14-8-3-2-7-13(14)18(28)25-17)16(20)27(26-10)12-6-4-5-11(9-12)19(21,22)23/h2-9,17,24H,1H3,(H,25,28). The molecule has 1 amide bonds. The number of aryl methyl sites for hydroxylation is 1. The van der Waals surface area contributed by atoms with Gasteiger partial charge in [0.05, 0.1) is 28.1 Å². The summed E-state index contributed by atoms with van der Waals surface area (Å²) in [7, 11) is 0. The number of alkyl halides is 3. The summed E-state index contributed by atoms with van der Waals surface area (Å²) in [4.78, 5) is 12.4. The predicted molar refractivity (Wildman–Crippen MR) is 98.6 cm³/mol. The molecule has 28 heavy (non-hydrogen) atoms. The lowest BCUT2D eigenvalue weighted by atomic mass is 10.1. The van der Waals surface area contributed by atoms with Gasteiger partial charge in [0, 0.05) is 5.69 Å². The number of benzene rings is 2. The van der Waals surface area contributed by atoms with Gasteiger partial charge in [-0.05, 0) is 37.3 Å². The zero-order chi connectivity index (χ0) is 20.1. The topological polar surface area (TPSA) is 59.0 Å². The van der Waals surface area contributed by atoms with Crippen molar-refractivity contribution in [3.63, 3.8) is 0 Å². The molecule has 3 aromatic rings. The van der Waals surface area contributed by atoms with E-state index < -0.39 is 17.9 Å². The Morgan fingerprint density at radius 3 is 2.61 bits per heavy atom. The van der Waals surface area contributed by atoms with Crippen molar-refractivity contribution < 1.29 is 18.0 Å². The molecule has 0 saturated heterocycles. The van der Waals surface area contributed by atoms with Gasteiger partial charge in [-0.3, -0.25) is 4.79 Å². The molecule has 0 spiro atoms. The molecule has 1 aromatic heterocycles. The van der Waals surface area contributed by atoms with Crippen LogP contribution in [-0.4, -0.2) is 15.7 Å². The number of halogens is 4. The van der Waals surface area contributed by atoms with Crippen LogP contribution < -0.4 is 10.6 Å². The zero-order valence-electron chi connectivity index (χ0n) is 14.5. The van der Waals surface area contributed by atoms with Crippen LogP contribution in [0.3, 0.4) is 0 Å². The van der Waals surface area contributed by atoms with Gasteiger partial charge in [0.25, 0.3) is 5.91 Å². The molecule has 0 bridgehead atoms. The highest BCUT2D eigenvalue weighted by Gasteiger charge is 2.32. The number of hydrogen-bond acceptors (Lipinski definition) is 3. The van der Waals surface area contributed by atoms with E-state index in [9.17, 15) is 18.0 Å². The molecule has 1 unspecified atom stereocenters. The Kier molecular flexibility index (Phi) is 4.30. The van der Waals surface area contributed by atoms with E-state index in [4.69, 9.17) is 11.6 Å². The molecule has 2 N–H and O–H groups in total. The van der Waals surface area contributed by atoms with E-state index in [1.54, 1.807) is 31.2 Å². The largest absolute Gasteiger partial charge is 0.416 e. The smallest absolute Gasteiger partial charge is 0.361 e. The van der Waals surface area contributed by atoms with Crippen LogP contribution in [0, 0.1) is 6.92 Å². The molecule has 4 rings (SSSR count). The molecular weight excluding hydrogens is 393 g/mol. The second kappa shape index (κ2) is 6.56. The molecule has 2 aromatic carbocycles. The number of aromatic nitrogens is 2. The van der Waals surface area contributed by atoms with Crippen LogP contribution in [0.1, 0.15) is 33.3 Å². The summed E-state index contributed by atoms with van der Waals surface area (Å²) in [6.07, 6.45) is -5.13. The Hall–Kier alpha value is -3.00. The van der Waals surface area contributed by atoms with Gasteiger partial charge in [-0.15, -0.1) is 0 Å². The number of carbonyl (C=O) groups excluding carboxylic acids is 1. The maximum Gasteiger partial charge on any atom is 0.416 e. The van der Waals surface area contributed by atoms with Crippen molar-refractivity contribution in [2.45, 2.75) is 19.3 Å². The van der Waals surface area contributed by atoms with Crippen molar-refractivity contribution in [2.24, 2.45) is 0 Å². The van der Waals surface area contributed by atoms with Crippen molar-refractivity contribution in [3.8, 4) is 5.69 Å². The Morgan fingerprint density at radius 1 is 1.11 bits per heavy atom. The highest BCUT2D eigenvalue weighted by molar-refractivity contribution is 6.30. The van der Waals surface area contributed by atoms with Crippen molar-refractivity contribution in [1.29, 1.82) is 0 Å². The van der Waals surface area contributed by atoms with Crippen LogP contribution >= 0.6 is 11.6 Å². The number of nitrogens with zero attached hydrogens (tertiary/aromatic N) is 2. The molecule has 1 aliphatic rings. The molecule has 0 radical (unpaired) electrons. The minimum absolute atomic E-state index is 0.119. The second-order valence-electron chi connectivity index (χ2n) is 6.35. The van der Waals surface area contributed by atoms with Crippen LogP contribution in [0.2, 0.25) is 5.15 Å². The van der Waals surface area contributed by atoms with Crippen molar-refractivity contribution >= 4 is 23.2 Å². The van der Waals surface area contributed by atoms with Gasteiger partial charge in [-0.2, -0.15) is 18.3 Å². The van der Waals surface area contributed by atoms with Crippen LogP contribution in [0.5, 0.6) is 0 Å². The first-order chi connectivity index (χ1) is 13.3. The Labute approximate surface area is 163 Å². The van der Waals surface area contributed by atoms with Crippen LogP contribution in [0.4, 0.5) is 18.9 Å². The van der Waals surface area contributed by atoms with Gasteiger partial charge in [0.2, 0.25) is 0 Å². The normalized spacial score (nSPS) is 16.3. The van der Waals surface area contributed by atoms with Crippen LogP contribution in [0.15, 0.2) is 48.5 Å². The van der Waals surface area contributed by atoms with E-state index >= 15 is 0 Å². The molecular formula is C19H14ClF3N4O. The first-order valence-corrected chi connectivity index (χ1v) is 8.72. The van der Waals surface area contributed by atoms with Crippen LogP contribution in [-0.2, 0) is 6.18 Å². The fourth-order valence-corrected chi connectivity index (χ4v) is 3.56. The number of anilines is 1. The Balaban J connectivity index is 1.75. The van der Waals surface area contributed by atoms with E-state index in [1.807, 2.05) is 0 Å². The van der Waals surface area contributed by atoms with Gasteiger partial charge in [0.15, 0.2) is 0 Å². The van der Waals surface area contributed by atoms with Crippen molar-refractivity contribution in [3.05, 3.63) is 76.1 Å². The number of nitrogens with one attached hydrogen (secondary N) is 2. The van der Waals surface area contributed by atoms with E-state index in [-0.39, 0.29) is 16.7 Å². The second-order valence-corrected chi connectivity index (χ2v) is 6.70. The minimum Gasteiger partial charge on any atom is -0.361 e. The van der Waals surface area contributed by atoms with Gasteiger partial charge >= 0.3 is 6.18 Å². The SMILES string of the molecule is Cc1nn(-c2cccc(C(F)(F)F)c2)c(Cl)c1C1NC(=O)c2ccccc2N1. The van der Waals surface area contributed by atoms with E-state index in [2.05, 4.69) is 15.7 Å². The molecule has 144 valence electrons. The van der Waals surface area contributed by atoms with E-state index in [1.165, 1.54) is 16.8 Å². The minimum atomic E-state index is -4.48. The third-order valence-corrected chi connectivity index (χ3v) is 4.87. The van der Waals surface area contributed by atoms with Crippen LogP contribution in [0.25, 0.3) is 5.69 Å². The summed E-state index contributed by atoms with van der Waals surface area (Å²) in [5, 5.41) is 10.4. The monoisotopic (exact) mass is 406 g/mol. The summed E-state index contributed by atoms with van der Waals surface area (Å²) >= 11 is 6.47. The Morgan fingerprint density at radius 2 is 1.86 bits per heavy atom. The summed E-state index contributed by atoms with van der Waals surface area (Å²) in [5.41, 5.74) is 1.49. The maximum absolute atomic E-state index is 13.0. The summed E-state index contributed by atoms with van der Waals surface area (Å²) in [5.74, 6) is -0.276. The average Bonchev–Trinajstić information content (AvgIpc) is 2.95. The highest BCUT2D eigenvalue weighted by Crippen LogP contribution is 2.35. The maximum atomic E-state index is 13.0. The van der Waals surface area contributed by atoms with Gasteiger partial charge in [-0.25, -0.2) is 4.68 Å². The molecule has 1 atom stereocenters. The first kappa shape index (κ1) is 18.4. The highest BCUT2D eigenvalue weighted by atomic mass is 35.5. The number of amides is 1.